The van der Waals surface area contributed by atoms with Gasteiger partial charge in [-0.15, -0.1) is 0 Å². The van der Waals surface area contributed by atoms with E-state index in [0.29, 0.717) is 6.54 Å². The Morgan fingerprint density at radius 3 is 2.52 bits per heavy atom. The van der Waals surface area contributed by atoms with E-state index >= 15 is 0 Å². The van der Waals surface area contributed by atoms with Crippen molar-refractivity contribution in [1.82, 2.24) is 10.6 Å². The fourth-order valence-corrected chi connectivity index (χ4v) is 4.61. The lowest BCUT2D eigenvalue weighted by atomic mass is 10.1. The SMILES string of the molecule is O=C(CC1CS(=O)(=O)CCN1)NC1Cc2ccccc2C1. The van der Waals surface area contributed by atoms with Gasteiger partial charge >= 0.3 is 0 Å². The number of sulfone groups is 1. The minimum atomic E-state index is -2.99. The van der Waals surface area contributed by atoms with Gasteiger partial charge in [0.1, 0.15) is 0 Å². The normalized spacial score (nSPS) is 24.5. The first kappa shape index (κ1) is 14.5. The number of carbonyl (C=O) groups is 1. The van der Waals surface area contributed by atoms with Crippen molar-refractivity contribution in [3.05, 3.63) is 35.4 Å². The predicted octanol–water partition coefficient (Wildman–Crippen LogP) is 0.0467. The molecule has 1 aliphatic carbocycles. The van der Waals surface area contributed by atoms with Gasteiger partial charge in [-0.2, -0.15) is 0 Å². The monoisotopic (exact) mass is 308 g/mol. The number of rotatable bonds is 3. The number of amides is 1. The van der Waals surface area contributed by atoms with E-state index in [9.17, 15) is 13.2 Å². The molecule has 5 nitrogen and oxygen atoms in total. The first-order valence-corrected chi connectivity index (χ1v) is 9.14. The number of hydrogen-bond donors (Lipinski definition) is 2. The zero-order valence-electron chi connectivity index (χ0n) is 11.8. The van der Waals surface area contributed by atoms with Crippen molar-refractivity contribution in [3.8, 4) is 0 Å². The fourth-order valence-electron chi connectivity index (χ4n) is 3.17. The lowest BCUT2D eigenvalue weighted by molar-refractivity contribution is -0.122. The summed E-state index contributed by atoms with van der Waals surface area (Å²) in [5, 5.41) is 6.13. The molecule has 1 aromatic rings. The van der Waals surface area contributed by atoms with Gasteiger partial charge in [0, 0.05) is 25.0 Å². The van der Waals surface area contributed by atoms with Crippen LogP contribution in [0.4, 0.5) is 0 Å². The zero-order valence-corrected chi connectivity index (χ0v) is 12.7. The van der Waals surface area contributed by atoms with Crippen LogP contribution in [0, 0.1) is 0 Å². The van der Waals surface area contributed by atoms with Crippen molar-refractivity contribution in [3.63, 3.8) is 0 Å². The van der Waals surface area contributed by atoms with Crippen LogP contribution < -0.4 is 10.6 Å². The lowest BCUT2D eigenvalue weighted by Crippen LogP contribution is -2.48. The number of carbonyl (C=O) groups excluding carboxylic acids is 1. The maximum atomic E-state index is 12.1. The van der Waals surface area contributed by atoms with Gasteiger partial charge in [0.2, 0.25) is 5.91 Å². The van der Waals surface area contributed by atoms with Gasteiger partial charge in [-0.1, -0.05) is 24.3 Å². The highest BCUT2D eigenvalue weighted by molar-refractivity contribution is 7.91. The molecule has 2 N–H and O–H groups in total. The van der Waals surface area contributed by atoms with Gasteiger partial charge in [0.25, 0.3) is 0 Å². The van der Waals surface area contributed by atoms with E-state index in [0.717, 1.165) is 12.8 Å². The molecule has 1 aromatic carbocycles. The van der Waals surface area contributed by atoms with Crippen LogP contribution in [0.15, 0.2) is 24.3 Å². The van der Waals surface area contributed by atoms with Gasteiger partial charge < -0.3 is 10.6 Å². The molecule has 0 spiro atoms. The number of benzene rings is 1. The minimum absolute atomic E-state index is 0.0608. The summed E-state index contributed by atoms with van der Waals surface area (Å²) in [7, 11) is -2.99. The molecule has 0 aromatic heterocycles. The van der Waals surface area contributed by atoms with Gasteiger partial charge in [-0.25, -0.2) is 8.42 Å². The van der Waals surface area contributed by atoms with E-state index in [4.69, 9.17) is 0 Å². The summed E-state index contributed by atoms with van der Waals surface area (Å²) in [5.41, 5.74) is 2.59. The molecule has 1 heterocycles. The standard InChI is InChI=1S/C15H20N2O3S/c18-15(9-14-10-21(19,20)6-5-16-14)17-13-7-11-3-1-2-4-12(11)8-13/h1-4,13-14,16H,5-10H2,(H,17,18). The van der Waals surface area contributed by atoms with E-state index in [-0.39, 0.29) is 35.9 Å². The largest absolute Gasteiger partial charge is 0.353 e. The highest BCUT2D eigenvalue weighted by atomic mass is 32.2. The molecular formula is C15H20N2O3S. The third-order valence-corrected chi connectivity index (χ3v) is 5.89. The molecule has 1 saturated heterocycles. The van der Waals surface area contributed by atoms with Crippen molar-refractivity contribution < 1.29 is 13.2 Å². The molecule has 0 saturated carbocycles. The van der Waals surface area contributed by atoms with Crippen molar-refractivity contribution >= 4 is 15.7 Å². The molecule has 1 amide bonds. The fraction of sp³-hybridized carbons (Fsp3) is 0.533. The molecule has 0 radical (unpaired) electrons. The molecule has 1 fully saturated rings. The Kier molecular flexibility index (Phi) is 3.99. The predicted molar refractivity (Wildman–Crippen MR) is 80.8 cm³/mol. The Bertz CT molecular complexity index is 617. The molecule has 1 atom stereocenters. The van der Waals surface area contributed by atoms with Crippen molar-refractivity contribution in [2.75, 3.05) is 18.1 Å². The number of nitrogens with one attached hydrogen (secondary N) is 2. The van der Waals surface area contributed by atoms with Crippen molar-refractivity contribution in [2.24, 2.45) is 0 Å². The summed E-state index contributed by atoms with van der Waals surface area (Å²) in [4.78, 5) is 12.1. The maximum absolute atomic E-state index is 12.1. The Hall–Kier alpha value is -1.40. The molecule has 114 valence electrons. The second-order valence-electron chi connectivity index (χ2n) is 5.91. The van der Waals surface area contributed by atoms with Crippen LogP contribution in [-0.2, 0) is 27.5 Å². The summed E-state index contributed by atoms with van der Waals surface area (Å²) in [6, 6.07) is 8.09. The average Bonchev–Trinajstić information content (AvgIpc) is 2.79. The van der Waals surface area contributed by atoms with Crippen LogP contribution in [0.2, 0.25) is 0 Å². The second-order valence-corrected chi connectivity index (χ2v) is 8.14. The van der Waals surface area contributed by atoms with Crippen molar-refractivity contribution in [1.29, 1.82) is 0 Å². The lowest BCUT2D eigenvalue weighted by Gasteiger charge is -2.23. The first-order valence-electron chi connectivity index (χ1n) is 7.32. The molecule has 21 heavy (non-hydrogen) atoms. The van der Waals surface area contributed by atoms with Crippen LogP contribution in [0.25, 0.3) is 0 Å². The van der Waals surface area contributed by atoms with E-state index in [2.05, 4.69) is 22.8 Å². The quantitative estimate of drug-likeness (QED) is 0.827. The van der Waals surface area contributed by atoms with E-state index in [1.165, 1.54) is 11.1 Å². The van der Waals surface area contributed by atoms with Crippen LogP contribution >= 0.6 is 0 Å². The third-order valence-electron chi connectivity index (χ3n) is 4.15. The molecule has 1 unspecified atom stereocenters. The topological polar surface area (TPSA) is 75.3 Å². The molecule has 1 aliphatic heterocycles. The molecular weight excluding hydrogens is 288 g/mol. The van der Waals surface area contributed by atoms with E-state index < -0.39 is 9.84 Å². The third kappa shape index (κ3) is 3.63. The summed E-state index contributed by atoms with van der Waals surface area (Å²) >= 11 is 0. The molecule has 6 heteroatoms. The van der Waals surface area contributed by atoms with Crippen LogP contribution in [0.1, 0.15) is 17.5 Å². The zero-order chi connectivity index (χ0) is 14.9. The minimum Gasteiger partial charge on any atom is -0.353 e. The van der Waals surface area contributed by atoms with Crippen LogP contribution in [-0.4, -0.2) is 44.5 Å². The summed E-state index contributed by atoms with van der Waals surface area (Å²) in [5.74, 6) is 0.163. The highest BCUT2D eigenvalue weighted by Gasteiger charge is 2.28. The Morgan fingerprint density at radius 2 is 1.90 bits per heavy atom. The number of fused-ring (bicyclic) bond motifs is 1. The van der Waals surface area contributed by atoms with Gasteiger partial charge in [-0.3, -0.25) is 4.79 Å². The van der Waals surface area contributed by atoms with E-state index in [1.807, 2.05) is 12.1 Å². The summed E-state index contributed by atoms with van der Waals surface area (Å²) in [6.07, 6.45) is 1.95. The molecule has 3 rings (SSSR count). The van der Waals surface area contributed by atoms with E-state index in [1.54, 1.807) is 0 Å². The smallest absolute Gasteiger partial charge is 0.221 e. The number of hydrogen-bond acceptors (Lipinski definition) is 4. The average molecular weight is 308 g/mol. The summed E-state index contributed by atoms with van der Waals surface area (Å²) < 4.78 is 23.1. The van der Waals surface area contributed by atoms with Crippen LogP contribution in [0.5, 0.6) is 0 Å². The first-order chi connectivity index (χ1) is 10.0. The second kappa shape index (κ2) is 5.77. The van der Waals surface area contributed by atoms with Gasteiger partial charge in [0.15, 0.2) is 9.84 Å². The Labute approximate surface area is 125 Å². The molecule has 2 aliphatic rings. The Balaban J connectivity index is 1.52. The molecule has 0 bridgehead atoms. The summed E-state index contributed by atoms with van der Waals surface area (Å²) in [6.45, 7) is 0.440. The van der Waals surface area contributed by atoms with Gasteiger partial charge in [-0.05, 0) is 24.0 Å². The Morgan fingerprint density at radius 1 is 1.24 bits per heavy atom. The van der Waals surface area contributed by atoms with Crippen LogP contribution in [0.3, 0.4) is 0 Å². The highest BCUT2D eigenvalue weighted by Crippen LogP contribution is 2.21. The maximum Gasteiger partial charge on any atom is 0.221 e. The van der Waals surface area contributed by atoms with Crippen molar-refractivity contribution in [2.45, 2.75) is 31.3 Å². The van der Waals surface area contributed by atoms with Gasteiger partial charge in [0.05, 0.1) is 11.5 Å².